The van der Waals surface area contributed by atoms with Crippen LogP contribution in [-0.4, -0.2) is 95.9 Å². The molecule has 2 aliphatic heterocycles. The number of carbonyl (C=O) groups excluding carboxylic acids is 2. The van der Waals surface area contributed by atoms with Gasteiger partial charge in [-0.05, 0) is 30.9 Å². The van der Waals surface area contributed by atoms with E-state index in [9.17, 15) is 9.59 Å². The maximum atomic E-state index is 13.2. The number of hydrogen-bond acceptors (Lipinski definition) is 8. The highest BCUT2D eigenvalue weighted by atomic mass is 32.2. The van der Waals surface area contributed by atoms with Crippen molar-refractivity contribution in [1.29, 1.82) is 0 Å². The summed E-state index contributed by atoms with van der Waals surface area (Å²) >= 11 is 3.44. The van der Waals surface area contributed by atoms with Crippen LogP contribution in [0.15, 0.2) is 29.2 Å². The molecule has 0 spiro atoms. The SMILES string of the molecule is COc1ccccc1SC[C@H]1SCCN1[C@@H](C(N)=O)C(=O)NN1CCN(CC2CCCCC2)CC1. The van der Waals surface area contributed by atoms with E-state index in [1.165, 1.54) is 38.6 Å². The molecule has 2 saturated heterocycles. The Balaban J connectivity index is 1.28. The topological polar surface area (TPSA) is 91.1 Å². The molecule has 10 heteroatoms. The number of hydrazine groups is 1. The van der Waals surface area contributed by atoms with E-state index in [0.717, 1.165) is 54.2 Å². The number of benzene rings is 1. The third-order valence-electron chi connectivity index (χ3n) is 7.21. The second-order valence-corrected chi connectivity index (χ2v) is 11.9. The van der Waals surface area contributed by atoms with Crippen molar-refractivity contribution in [1.82, 2.24) is 20.2 Å². The molecule has 8 nitrogen and oxygen atoms in total. The fraction of sp³-hybridized carbons (Fsp3) is 0.680. The lowest BCUT2D eigenvalue weighted by Crippen LogP contribution is -2.61. The fourth-order valence-corrected chi connectivity index (χ4v) is 7.89. The molecule has 3 fully saturated rings. The molecule has 1 aromatic rings. The zero-order valence-corrected chi connectivity index (χ0v) is 22.3. The van der Waals surface area contributed by atoms with Gasteiger partial charge in [0, 0.05) is 55.7 Å². The predicted octanol–water partition coefficient (Wildman–Crippen LogP) is 2.25. The third kappa shape index (κ3) is 7.29. The van der Waals surface area contributed by atoms with Gasteiger partial charge in [0.05, 0.1) is 12.5 Å². The van der Waals surface area contributed by atoms with E-state index in [1.807, 2.05) is 34.2 Å². The molecule has 1 aliphatic carbocycles. The van der Waals surface area contributed by atoms with Crippen LogP contribution in [0.3, 0.4) is 0 Å². The minimum Gasteiger partial charge on any atom is -0.496 e. The third-order valence-corrected chi connectivity index (χ3v) is 9.79. The summed E-state index contributed by atoms with van der Waals surface area (Å²) < 4.78 is 5.46. The van der Waals surface area contributed by atoms with Crippen LogP contribution in [0, 0.1) is 5.92 Å². The van der Waals surface area contributed by atoms with Gasteiger partial charge in [0.25, 0.3) is 5.91 Å². The number of nitrogens with zero attached hydrogens (tertiary/aromatic N) is 3. The maximum absolute atomic E-state index is 13.2. The number of nitrogens with one attached hydrogen (secondary N) is 1. The molecular formula is C25H39N5O3S2. The fourth-order valence-electron chi connectivity index (χ4n) is 5.31. The Labute approximate surface area is 217 Å². The molecule has 35 heavy (non-hydrogen) atoms. The first kappa shape index (κ1) is 26.6. The molecule has 3 N–H and O–H groups in total. The number of ether oxygens (including phenoxy) is 1. The molecule has 0 aromatic heterocycles. The maximum Gasteiger partial charge on any atom is 0.261 e. The smallest absolute Gasteiger partial charge is 0.261 e. The van der Waals surface area contributed by atoms with Crippen LogP contribution >= 0.6 is 23.5 Å². The highest BCUT2D eigenvalue weighted by Gasteiger charge is 2.39. The van der Waals surface area contributed by atoms with Crippen LogP contribution < -0.4 is 15.9 Å². The van der Waals surface area contributed by atoms with E-state index in [1.54, 1.807) is 30.6 Å². The first-order chi connectivity index (χ1) is 17.0. The van der Waals surface area contributed by atoms with Gasteiger partial charge in [-0.1, -0.05) is 31.4 Å². The van der Waals surface area contributed by atoms with Gasteiger partial charge in [-0.15, -0.1) is 23.5 Å². The lowest BCUT2D eigenvalue weighted by molar-refractivity contribution is -0.139. The van der Waals surface area contributed by atoms with Crippen LogP contribution in [0.4, 0.5) is 0 Å². The molecule has 0 bridgehead atoms. The second kappa shape index (κ2) is 13.2. The normalized spacial score (nSPS) is 23.7. The Hall–Kier alpha value is -1.46. The molecule has 2 amide bonds. The summed E-state index contributed by atoms with van der Waals surface area (Å²) in [5.41, 5.74) is 8.76. The van der Waals surface area contributed by atoms with Gasteiger partial charge < -0.3 is 15.4 Å². The largest absolute Gasteiger partial charge is 0.496 e. The van der Waals surface area contributed by atoms with Crippen molar-refractivity contribution < 1.29 is 14.3 Å². The van der Waals surface area contributed by atoms with Gasteiger partial charge in [-0.3, -0.25) is 19.9 Å². The molecule has 0 radical (unpaired) electrons. The van der Waals surface area contributed by atoms with Crippen molar-refractivity contribution in [2.75, 3.05) is 57.9 Å². The number of methoxy groups -OCH3 is 1. The number of amides is 2. The molecule has 2 heterocycles. The van der Waals surface area contributed by atoms with Gasteiger partial charge in [0.1, 0.15) is 5.75 Å². The highest BCUT2D eigenvalue weighted by Crippen LogP contribution is 2.35. The Bertz CT molecular complexity index is 846. The molecule has 1 saturated carbocycles. The van der Waals surface area contributed by atoms with Crippen molar-refractivity contribution in [3.05, 3.63) is 24.3 Å². The Kier molecular flexibility index (Phi) is 10.0. The van der Waals surface area contributed by atoms with E-state index >= 15 is 0 Å². The van der Waals surface area contributed by atoms with Crippen molar-refractivity contribution in [2.45, 2.75) is 48.4 Å². The van der Waals surface area contributed by atoms with Gasteiger partial charge >= 0.3 is 0 Å². The first-order valence-electron chi connectivity index (χ1n) is 12.8. The Morgan fingerprint density at radius 1 is 1.14 bits per heavy atom. The lowest BCUT2D eigenvalue weighted by Gasteiger charge is -2.38. The monoisotopic (exact) mass is 521 g/mol. The van der Waals surface area contributed by atoms with Gasteiger partial charge in [-0.2, -0.15) is 0 Å². The molecule has 1 aromatic carbocycles. The molecule has 0 unspecified atom stereocenters. The Morgan fingerprint density at radius 3 is 2.60 bits per heavy atom. The summed E-state index contributed by atoms with van der Waals surface area (Å²) in [6.45, 7) is 5.25. The van der Waals surface area contributed by atoms with Crippen LogP contribution in [0.1, 0.15) is 32.1 Å². The van der Waals surface area contributed by atoms with Gasteiger partial charge in [0.2, 0.25) is 5.91 Å². The minimum absolute atomic E-state index is 0.0282. The van der Waals surface area contributed by atoms with Crippen molar-refractivity contribution in [3.63, 3.8) is 0 Å². The van der Waals surface area contributed by atoms with E-state index < -0.39 is 11.9 Å². The molecule has 194 valence electrons. The van der Waals surface area contributed by atoms with Crippen LogP contribution in [0.5, 0.6) is 5.75 Å². The number of carbonyl (C=O) groups is 2. The standard InChI is InChI=1S/C25H39N5O3S2/c1-33-20-9-5-6-10-21(20)35-18-22-30(15-16-34-22)23(24(26)31)25(32)27-29-13-11-28(12-14-29)17-19-7-3-2-4-8-19/h5-6,9-10,19,22-23H,2-4,7-8,11-18H2,1H3,(H2,26,31)(H,27,32)/t22-,23+/m1/s1. The molecule has 4 rings (SSSR count). The summed E-state index contributed by atoms with van der Waals surface area (Å²) in [6, 6.07) is 6.94. The van der Waals surface area contributed by atoms with Crippen molar-refractivity contribution in [2.24, 2.45) is 11.7 Å². The number of thioether (sulfide) groups is 2. The van der Waals surface area contributed by atoms with E-state index in [2.05, 4.69) is 10.3 Å². The zero-order chi connectivity index (χ0) is 24.6. The average molecular weight is 522 g/mol. The van der Waals surface area contributed by atoms with Crippen LogP contribution in [-0.2, 0) is 9.59 Å². The second-order valence-electron chi connectivity index (χ2n) is 9.60. The summed E-state index contributed by atoms with van der Waals surface area (Å²) in [5.74, 6) is 2.36. The first-order valence-corrected chi connectivity index (χ1v) is 14.8. The lowest BCUT2D eigenvalue weighted by atomic mass is 9.89. The number of para-hydroxylation sites is 1. The van der Waals surface area contributed by atoms with Crippen LogP contribution in [0.2, 0.25) is 0 Å². The zero-order valence-electron chi connectivity index (χ0n) is 20.7. The summed E-state index contributed by atoms with van der Waals surface area (Å²) in [6.07, 6.45) is 6.81. The number of nitrogens with two attached hydrogens (primary N) is 1. The summed E-state index contributed by atoms with van der Waals surface area (Å²) in [5, 5.41) is 1.98. The quantitative estimate of drug-likeness (QED) is 0.358. The number of piperazine rings is 1. The average Bonchev–Trinajstić information content (AvgIpc) is 3.32. The van der Waals surface area contributed by atoms with Crippen molar-refractivity contribution >= 4 is 35.3 Å². The predicted molar refractivity (Wildman–Crippen MR) is 142 cm³/mol. The van der Waals surface area contributed by atoms with Gasteiger partial charge in [-0.25, -0.2) is 5.01 Å². The number of primary amides is 1. The summed E-state index contributed by atoms with van der Waals surface area (Å²) in [7, 11) is 1.67. The molecule has 3 aliphatic rings. The molecular weight excluding hydrogens is 482 g/mol. The van der Waals surface area contributed by atoms with E-state index in [-0.39, 0.29) is 11.3 Å². The van der Waals surface area contributed by atoms with Crippen molar-refractivity contribution in [3.8, 4) is 5.75 Å². The van der Waals surface area contributed by atoms with E-state index in [4.69, 9.17) is 10.5 Å². The molecule has 2 atom stereocenters. The Morgan fingerprint density at radius 2 is 1.89 bits per heavy atom. The number of rotatable bonds is 10. The number of hydrogen-bond donors (Lipinski definition) is 2. The van der Waals surface area contributed by atoms with Gasteiger partial charge in [0.15, 0.2) is 6.04 Å². The highest BCUT2D eigenvalue weighted by molar-refractivity contribution is 8.03. The summed E-state index contributed by atoms with van der Waals surface area (Å²) in [4.78, 5) is 31.2. The van der Waals surface area contributed by atoms with Crippen LogP contribution in [0.25, 0.3) is 0 Å². The minimum atomic E-state index is -0.964. The van der Waals surface area contributed by atoms with E-state index in [0.29, 0.717) is 6.54 Å².